The van der Waals surface area contributed by atoms with E-state index in [0.29, 0.717) is 0 Å². The molecule has 2 aliphatic rings. The molecule has 3 atom stereocenters. The first-order chi connectivity index (χ1) is 10.2. The fourth-order valence-electron chi connectivity index (χ4n) is 3.58. The predicted molar refractivity (Wildman–Crippen MR) is 83.2 cm³/mol. The molecule has 1 heterocycles. The summed E-state index contributed by atoms with van der Waals surface area (Å²) in [5, 5.41) is 13.5. The monoisotopic (exact) mass is 288 g/mol. The van der Waals surface area contributed by atoms with Crippen molar-refractivity contribution >= 4 is 11.6 Å². The van der Waals surface area contributed by atoms with Gasteiger partial charge < -0.3 is 15.3 Å². The number of hydrogen-bond donors (Lipinski definition) is 2. The fraction of sp³-hybridized carbons (Fsp3) is 0.588. The van der Waals surface area contributed by atoms with E-state index in [1.54, 1.807) is 4.90 Å². The van der Waals surface area contributed by atoms with Crippen molar-refractivity contribution in [1.29, 1.82) is 0 Å². The number of aryl methyl sites for hydroxylation is 1. The normalized spacial score (nSPS) is 28.4. The van der Waals surface area contributed by atoms with Crippen molar-refractivity contribution in [2.75, 3.05) is 12.4 Å². The highest BCUT2D eigenvalue weighted by molar-refractivity contribution is 5.85. The Balaban J connectivity index is 1.68. The molecule has 3 unspecified atom stereocenters. The average molecular weight is 288 g/mol. The molecule has 4 heteroatoms. The van der Waals surface area contributed by atoms with Crippen LogP contribution in [0.1, 0.15) is 37.7 Å². The minimum absolute atomic E-state index is 0.0229. The van der Waals surface area contributed by atoms with E-state index < -0.39 is 0 Å². The minimum atomic E-state index is -0.372. The fourth-order valence-corrected chi connectivity index (χ4v) is 3.58. The maximum Gasteiger partial charge on any atom is 0.245 e. The molecule has 1 aliphatic heterocycles. The first-order valence-corrected chi connectivity index (χ1v) is 7.96. The summed E-state index contributed by atoms with van der Waals surface area (Å²) >= 11 is 0. The van der Waals surface area contributed by atoms with Gasteiger partial charge in [-0.2, -0.15) is 0 Å². The van der Waals surface area contributed by atoms with E-state index in [2.05, 4.69) is 11.4 Å². The minimum Gasteiger partial charge on any atom is -0.391 e. The highest BCUT2D eigenvalue weighted by Crippen LogP contribution is 2.27. The maximum atomic E-state index is 12.7. The Bertz CT molecular complexity index is 517. The third-order valence-corrected chi connectivity index (χ3v) is 4.89. The highest BCUT2D eigenvalue weighted by atomic mass is 16.3. The zero-order valence-corrected chi connectivity index (χ0v) is 12.6. The molecule has 1 aromatic carbocycles. The summed E-state index contributed by atoms with van der Waals surface area (Å²) in [6.07, 6.45) is 5.26. The Kier molecular flexibility index (Phi) is 4.15. The smallest absolute Gasteiger partial charge is 0.245 e. The topological polar surface area (TPSA) is 52.6 Å². The molecule has 0 saturated heterocycles. The van der Waals surface area contributed by atoms with E-state index in [1.807, 2.05) is 25.2 Å². The third-order valence-electron chi connectivity index (χ3n) is 4.89. The van der Waals surface area contributed by atoms with Crippen LogP contribution in [-0.4, -0.2) is 41.1 Å². The van der Waals surface area contributed by atoms with Crippen molar-refractivity contribution in [3.05, 3.63) is 29.8 Å². The van der Waals surface area contributed by atoms with Crippen molar-refractivity contribution in [2.45, 2.75) is 56.7 Å². The lowest BCUT2D eigenvalue weighted by Crippen LogP contribution is -2.51. The molecule has 3 rings (SSSR count). The van der Waals surface area contributed by atoms with Crippen molar-refractivity contribution in [3.63, 3.8) is 0 Å². The first-order valence-electron chi connectivity index (χ1n) is 7.96. The van der Waals surface area contributed by atoms with E-state index in [-0.39, 0.29) is 24.1 Å². The van der Waals surface area contributed by atoms with Gasteiger partial charge in [0, 0.05) is 12.7 Å². The largest absolute Gasteiger partial charge is 0.391 e. The van der Waals surface area contributed by atoms with Gasteiger partial charge in [0.05, 0.1) is 12.1 Å². The molecule has 2 N–H and O–H groups in total. The number of carbonyl (C=O) groups excluding carboxylic acids is 1. The Hall–Kier alpha value is -1.55. The summed E-state index contributed by atoms with van der Waals surface area (Å²) < 4.78 is 0. The van der Waals surface area contributed by atoms with Gasteiger partial charge in [-0.05, 0) is 37.3 Å². The first kappa shape index (κ1) is 14.4. The van der Waals surface area contributed by atoms with Gasteiger partial charge in [0.2, 0.25) is 5.91 Å². The van der Waals surface area contributed by atoms with Gasteiger partial charge in [-0.15, -0.1) is 0 Å². The number of para-hydroxylation sites is 1. The molecular formula is C17H24N2O2. The van der Waals surface area contributed by atoms with Crippen LogP contribution < -0.4 is 5.32 Å². The molecule has 114 valence electrons. The third kappa shape index (κ3) is 2.91. The molecule has 21 heavy (non-hydrogen) atoms. The van der Waals surface area contributed by atoms with Gasteiger partial charge in [-0.25, -0.2) is 0 Å². The van der Waals surface area contributed by atoms with E-state index in [0.717, 1.165) is 44.2 Å². The lowest BCUT2D eigenvalue weighted by Gasteiger charge is -2.38. The Morgan fingerprint density at radius 3 is 2.81 bits per heavy atom. The van der Waals surface area contributed by atoms with Gasteiger partial charge in [-0.1, -0.05) is 31.0 Å². The molecule has 0 aromatic heterocycles. The number of hydrogen-bond acceptors (Lipinski definition) is 3. The molecule has 4 nitrogen and oxygen atoms in total. The molecule has 0 bridgehead atoms. The second-order valence-electron chi connectivity index (χ2n) is 6.26. The van der Waals surface area contributed by atoms with Gasteiger partial charge in [-0.3, -0.25) is 4.79 Å². The number of carbonyl (C=O) groups is 1. The number of fused-ring (bicyclic) bond motifs is 1. The standard InChI is InChI=1S/C17H24N2O2/c1-19(15-8-4-5-9-16(15)20)17(21)14-11-10-12-6-2-3-7-13(12)18-14/h2-3,6-7,14-16,18,20H,4-5,8-11H2,1H3. The number of anilines is 1. The summed E-state index contributed by atoms with van der Waals surface area (Å²) in [6.45, 7) is 0. The highest BCUT2D eigenvalue weighted by Gasteiger charge is 2.33. The van der Waals surface area contributed by atoms with E-state index in [1.165, 1.54) is 5.56 Å². The van der Waals surface area contributed by atoms with Crippen molar-refractivity contribution in [1.82, 2.24) is 4.90 Å². The SMILES string of the molecule is CN(C(=O)C1CCc2ccccc2N1)C1CCCCC1O. The predicted octanol–water partition coefficient (Wildman–Crippen LogP) is 2.18. The molecule has 1 saturated carbocycles. The van der Waals surface area contributed by atoms with Crippen LogP contribution in [0.3, 0.4) is 0 Å². The number of nitrogens with one attached hydrogen (secondary N) is 1. The lowest BCUT2D eigenvalue weighted by atomic mass is 9.90. The average Bonchev–Trinajstić information content (AvgIpc) is 2.53. The van der Waals surface area contributed by atoms with E-state index in [4.69, 9.17) is 0 Å². The van der Waals surface area contributed by atoms with E-state index in [9.17, 15) is 9.90 Å². The van der Waals surface area contributed by atoms with E-state index >= 15 is 0 Å². The summed E-state index contributed by atoms with van der Waals surface area (Å²) in [4.78, 5) is 14.5. The number of nitrogens with zero attached hydrogens (tertiary/aromatic N) is 1. The maximum absolute atomic E-state index is 12.7. The zero-order chi connectivity index (χ0) is 14.8. The summed E-state index contributed by atoms with van der Waals surface area (Å²) in [5.74, 6) is 0.107. The van der Waals surface area contributed by atoms with Gasteiger partial charge in [0.1, 0.15) is 6.04 Å². The second kappa shape index (κ2) is 6.06. The zero-order valence-electron chi connectivity index (χ0n) is 12.6. The Labute approximate surface area is 126 Å². The summed E-state index contributed by atoms with van der Waals surface area (Å²) in [5.41, 5.74) is 2.35. The molecule has 1 aliphatic carbocycles. The Morgan fingerprint density at radius 2 is 2.00 bits per heavy atom. The van der Waals surface area contributed by atoms with Crippen LogP contribution in [0.5, 0.6) is 0 Å². The van der Waals surface area contributed by atoms with Crippen molar-refractivity contribution < 1.29 is 9.90 Å². The molecule has 1 fully saturated rings. The molecule has 0 spiro atoms. The van der Waals surface area contributed by atoms with Crippen LogP contribution in [0.15, 0.2) is 24.3 Å². The quantitative estimate of drug-likeness (QED) is 0.877. The number of amides is 1. The number of benzene rings is 1. The molecule has 1 amide bonds. The van der Waals surface area contributed by atoms with Crippen molar-refractivity contribution in [2.24, 2.45) is 0 Å². The number of aliphatic hydroxyl groups excluding tert-OH is 1. The van der Waals surface area contributed by atoms with Crippen molar-refractivity contribution in [3.8, 4) is 0 Å². The lowest BCUT2D eigenvalue weighted by molar-refractivity contribution is -0.136. The van der Waals surface area contributed by atoms with Crippen LogP contribution >= 0.6 is 0 Å². The van der Waals surface area contributed by atoms with Crippen LogP contribution in [0, 0.1) is 0 Å². The van der Waals surface area contributed by atoms with Gasteiger partial charge >= 0.3 is 0 Å². The van der Waals surface area contributed by atoms with Crippen LogP contribution in [0.4, 0.5) is 5.69 Å². The molecular weight excluding hydrogens is 264 g/mol. The van der Waals surface area contributed by atoms with Crippen LogP contribution in [0.25, 0.3) is 0 Å². The van der Waals surface area contributed by atoms with Crippen LogP contribution in [0.2, 0.25) is 0 Å². The van der Waals surface area contributed by atoms with Gasteiger partial charge in [0.25, 0.3) is 0 Å². The van der Waals surface area contributed by atoms with Gasteiger partial charge in [0.15, 0.2) is 0 Å². The number of likely N-dealkylation sites (N-methyl/N-ethyl adjacent to an activating group) is 1. The summed E-state index contributed by atoms with van der Waals surface area (Å²) in [6, 6.07) is 7.98. The second-order valence-corrected chi connectivity index (χ2v) is 6.26. The molecule has 0 radical (unpaired) electrons. The molecule has 1 aromatic rings. The van der Waals surface area contributed by atoms with Crippen LogP contribution in [-0.2, 0) is 11.2 Å². The number of aliphatic hydroxyl groups is 1. The Morgan fingerprint density at radius 1 is 1.24 bits per heavy atom. The summed E-state index contributed by atoms with van der Waals surface area (Å²) in [7, 11) is 1.84. The number of rotatable bonds is 2.